The Morgan fingerprint density at radius 1 is 1.61 bits per heavy atom. The summed E-state index contributed by atoms with van der Waals surface area (Å²) in [5.41, 5.74) is -0.206. The lowest BCUT2D eigenvalue weighted by atomic mass is 10.2. The summed E-state index contributed by atoms with van der Waals surface area (Å²) < 4.78 is 5.91. The molecular weight excluding hydrogens is 234 g/mol. The van der Waals surface area contributed by atoms with Gasteiger partial charge in [0.1, 0.15) is 11.6 Å². The molecule has 2 aromatic heterocycles. The molecule has 0 fully saturated rings. The van der Waals surface area contributed by atoms with Crippen LogP contribution < -0.4 is 5.56 Å². The van der Waals surface area contributed by atoms with Crippen LogP contribution in [0.15, 0.2) is 29.3 Å². The van der Waals surface area contributed by atoms with Gasteiger partial charge in [-0.25, -0.2) is 9.78 Å². The number of carbonyl (C=O) groups excluding carboxylic acids is 1. The molecule has 2 rings (SSSR count). The van der Waals surface area contributed by atoms with Crippen molar-refractivity contribution < 1.29 is 9.53 Å². The summed E-state index contributed by atoms with van der Waals surface area (Å²) in [6.45, 7) is 1.83. The molecular formula is C12H9N3O3. The fourth-order valence-electron chi connectivity index (χ4n) is 1.54. The number of hydrogen-bond donors (Lipinski definition) is 0. The van der Waals surface area contributed by atoms with Gasteiger partial charge in [0.2, 0.25) is 0 Å². The van der Waals surface area contributed by atoms with Crippen LogP contribution in [0.1, 0.15) is 22.8 Å². The number of fused-ring (bicyclic) bond motifs is 1. The summed E-state index contributed by atoms with van der Waals surface area (Å²) in [5, 5.41) is 8.89. The highest BCUT2D eigenvalue weighted by Gasteiger charge is 2.15. The lowest BCUT2D eigenvalue weighted by Gasteiger charge is -2.04. The molecule has 0 aromatic carbocycles. The predicted molar refractivity (Wildman–Crippen MR) is 62.1 cm³/mol. The SMILES string of the molecule is CCOC(=O)c1cnc2c(C#N)cccn2c1=O. The van der Waals surface area contributed by atoms with Crippen molar-refractivity contribution in [2.24, 2.45) is 0 Å². The minimum Gasteiger partial charge on any atom is -0.462 e. The lowest BCUT2D eigenvalue weighted by Crippen LogP contribution is -2.24. The first-order chi connectivity index (χ1) is 8.69. The van der Waals surface area contributed by atoms with Crippen molar-refractivity contribution in [2.45, 2.75) is 6.92 Å². The van der Waals surface area contributed by atoms with E-state index in [1.807, 2.05) is 6.07 Å². The van der Waals surface area contributed by atoms with Gasteiger partial charge >= 0.3 is 5.97 Å². The number of esters is 1. The van der Waals surface area contributed by atoms with Crippen molar-refractivity contribution in [3.8, 4) is 6.07 Å². The van der Waals surface area contributed by atoms with Crippen LogP contribution in [0.25, 0.3) is 5.65 Å². The van der Waals surface area contributed by atoms with Crippen LogP contribution in [0.5, 0.6) is 0 Å². The second-order valence-electron chi connectivity index (χ2n) is 3.42. The first-order valence-corrected chi connectivity index (χ1v) is 5.26. The molecule has 0 unspecified atom stereocenters. The van der Waals surface area contributed by atoms with Crippen molar-refractivity contribution in [3.05, 3.63) is 46.0 Å². The monoisotopic (exact) mass is 243 g/mol. The summed E-state index contributed by atoms with van der Waals surface area (Å²) in [5.74, 6) is -0.716. The number of ether oxygens (including phenoxy) is 1. The average molecular weight is 243 g/mol. The number of carbonyl (C=O) groups is 1. The Bertz CT molecular complexity index is 713. The van der Waals surface area contributed by atoms with Crippen LogP contribution >= 0.6 is 0 Å². The van der Waals surface area contributed by atoms with E-state index in [-0.39, 0.29) is 23.4 Å². The van der Waals surface area contributed by atoms with E-state index in [0.29, 0.717) is 0 Å². The molecule has 0 atom stereocenters. The Labute approximate surface area is 102 Å². The third kappa shape index (κ3) is 1.82. The van der Waals surface area contributed by atoms with E-state index in [9.17, 15) is 9.59 Å². The number of pyridine rings is 1. The van der Waals surface area contributed by atoms with E-state index < -0.39 is 11.5 Å². The molecule has 0 spiro atoms. The Morgan fingerprint density at radius 3 is 3.06 bits per heavy atom. The molecule has 0 amide bonds. The van der Waals surface area contributed by atoms with Gasteiger partial charge in [-0.2, -0.15) is 5.26 Å². The standard InChI is InChI=1S/C12H9N3O3/c1-2-18-12(17)9-7-14-10-8(6-13)4-3-5-15(10)11(9)16/h3-5,7H,2H2,1H3. The predicted octanol–water partition coefficient (Wildman–Crippen LogP) is 0.743. The molecule has 0 saturated carbocycles. The average Bonchev–Trinajstić information content (AvgIpc) is 2.39. The van der Waals surface area contributed by atoms with Crippen LogP contribution in [-0.4, -0.2) is 22.0 Å². The summed E-state index contributed by atoms with van der Waals surface area (Å²) in [4.78, 5) is 27.5. The second kappa shape index (κ2) is 4.67. The molecule has 0 aliphatic rings. The fraction of sp³-hybridized carbons (Fsp3) is 0.167. The van der Waals surface area contributed by atoms with Crippen LogP contribution in [0, 0.1) is 11.3 Å². The lowest BCUT2D eigenvalue weighted by molar-refractivity contribution is 0.0523. The topological polar surface area (TPSA) is 84.5 Å². The summed E-state index contributed by atoms with van der Waals surface area (Å²) in [7, 11) is 0. The molecule has 0 N–H and O–H groups in total. The van der Waals surface area contributed by atoms with Gasteiger partial charge in [-0.15, -0.1) is 0 Å². The molecule has 0 saturated heterocycles. The minimum absolute atomic E-state index is 0.149. The van der Waals surface area contributed by atoms with Crippen molar-refractivity contribution in [3.63, 3.8) is 0 Å². The van der Waals surface area contributed by atoms with Gasteiger partial charge in [0, 0.05) is 12.4 Å². The van der Waals surface area contributed by atoms with Crippen LogP contribution in [-0.2, 0) is 4.74 Å². The summed E-state index contributed by atoms with van der Waals surface area (Å²) in [6, 6.07) is 5.03. The van der Waals surface area contributed by atoms with E-state index in [0.717, 1.165) is 10.6 Å². The zero-order valence-electron chi connectivity index (χ0n) is 9.58. The van der Waals surface area contributed by atoms with Crippen molar-refractivity contribution in [2.75, 3.05) is 6.61 Å². The maximum atomic E-state index is 12.0. The quantitative estimate of drug-likeness (QED) is 0.726. The molecule has 0 aliphatic heterocycles. The highest BCUT2D eigenvalue weighted by molar-refractivity contribution is 5.88. The zero-order chi connectivity index (χ0) is 13.1. The number of nitrogens with zero attached hydrogens (tertiary/aromatic N) is 3. The van der Waals surface area contributed by atoms with Crippen LogP contribution in [0.2, 0.25) is 0 Å². The van der Waals surface area contributed by atoms with E-state index in [4.69, 9.17) is 10.00 Å². The van der Waals surface area contributed by atoms with Gasteiger partial charge in [0.15, 0.2) is 5.65 Å². The minimum atomic E-state index is -0.716. The smallest absolute Gasteiger partial charge is 0.345 e. The Morgan fingerprint density at radius 2 is 2.39 bits per heavy atom. The number of aromatic nitrogens is 2. The van der Waals surface area contributed by atoms with E-state index in [2.05, 4.69) is 4.98 Å². The van der Waals surface area contributed by atoms with E-state index in [1.54, 1.807) is 19.1 Å². The molecule has 90 valence electrons. The number of hydrogen-bond acceptors (Lipinski definition) is 5. The van der Waals surface area contributed by atoms with E-state index in [1.165, 1.54) is 6.20 Å². The largest absolute Gasteiger partial charge is 0.462 e. The van der Waals surface area contributed by atoms with Gasteiger partial charge in [0.05, 0.1) is 12.2 Å². The van der Waals surface area contributed by atoms with Gasteiger partial charge in [-0.1, -0.05) is 0 Å². The zero-order valence-corrected chi connectivity index (χ0v) is 9.58. The normalized spacial score (nSPS) is 10.0. The molecule has 2 aromatic rings. The third-order valence-electron chi connectivity index (χ3n) is 2.35. The third-order valence-corrected chi connectivity index (χ3v) is 2.35. The van der Waals surface area contributed by atoms with Crippen LogP contribution in [0.3, 0.4) is 0 Å². The number of rotatable bonds is 2. The molecule has 6 heteroatoms. The maximum Gasteiger partial charge on any atom is 0.345 e. The van der Waals surface area contributed by atoms with Gasteiger partial charge < -0.3 is 4.74 Å². The highest BCUT2D eigenvalue weighted by atomic mass is 16.5. The van der Waals surface area contributed by atoms with Crippen LogP contribution in [0.4, 0.5) is 0 Å². The van der Waals surface area contributed by atoms with Crippen molar-refractivity contribution in [1.29, 1.82) is 5.26 Å². The van der Waals surface area contributed by atoms with Crippen molar-refractivity contribution in [1.82, 2.24) is 9.38 Å². The van der Waals surface area contributed by atoms with Crippen molar-refractivity contribution >= 4 is 11.6 Å². The Hall–Kier alpha value is -2.68. The molecule has 18 heavy (non-hydrogen) atoms. The molecule has 2 heterocycles. The maximum absolute atomic E-state index is 12.0. The van der Waals surface area contributed by atoms with Gasteiger partial charge in [-0.3, -0.25) is 9.20 Å². The summed E-state index contributed by atoms with van der Waals surface area (Å²) >= 11 is 0. The Kier molecular flexibility index (Phi) is 3.06. The molecule has 6 nitrogen and oxygen atoms in total. The number of nitriles is 1. The fourth-order valence-corrected chi connectivity index (χ4v) is 1.54. The molecule has 0 aliphatic carbocycles. The first kappa shape index (κ1) is 11.8. The van der Waals surface area contributed by atoms with Gasteiger partial charge in [0.25, 0.3) is 5.56 Å². The first-order valence-electron chi connectivity index (χ1n) is 5.26. The Balaban J connectivity index is 2.70. The molecule has 0 bridgehead atoms. The highest BCUT2D eigenvalue weighted by Crippen LogP contribution is 2.05. The summed E-state index contributed by atoms with van der Waals surface area (Å²) in [6.07, 6.45) is 2.59. The van der Waals surface area contributed by atoms with Gasteiger partial charge in [-0.05, 0) is 19.1 Å². The van der Waals surface area contributed by atoms with E-state index >= 15 is 0 Å². The molecule has 0 radical (unpaired) electrons. The second-order valence-corrected chi connectivity index (χ2v) is 3.42.